The molecule has 1 saturated carbocycles. The molecule has 1 aromatic carbocycles. The molecule has 8 heteroatoms. The van der Waals surface area contributed by atoms with Gasteiger partial charge in [-0.15, -0.1) is 12.4 Å². The molecule has 2 aliphatic rings. The van der Waals surface area contributed by atoms with Crippen molar-refractivity contribution in [3.05, 3.63) is 34.9 Å². The fraction of sp³-hybridized carbons (Fsp3) is 0.611. The van der Waals surface area contributed by atoms with Gasteiger partial charge in [-0.25, -0.2) is 8.42 Å². The van der Waals surface area contributed by atoms with E-state index in [4.69, 9.17) is 11.6 Å². The lowest BCUT2D eigenvalue weighted by molar-refractivity contribution is -0.134. The van der Waals surface area contributed by atoms with Gasteiger partial charge in [-0.3, -0.25) is 4.79 Å². The molecule has 0 aromatic heterocycles. The zero-order chi connectivity index (χ0) is 17.9. The summed E-state index contributed by atoms with van der Waals surface area (Å²) in [4.78, 5) is 14.5. The van der Waals surface area contributed by atoms with E-state index in [1.165, 1.54) is 0 Å². The highest BCUT2D eigenvalue weighted by Gasteiger charge is 2.32. The van der Waals surface area contributed by atoms with Crippen LogP contribution < -0.4 is 5.32 Å². The van der Waals surface area contributed by atoms with E-state index in [1.54, 1.807) is 4.90 Å². The average Bonchev–Trinajstić information content (AvgIpc) is 3.16. The molecule has 1 saturated heterocycles. The number of piperazine rings is 1. The second kappa shape index (κ2) is 9.40. The number of nitrogens with one attached hydrogen (secondary N) is 1. The Labute approximate surface area is 166 Å². The first-order chi connectivity index (χ1) is 12.0. The third-order valence-electron chi connectivity index (χ3n) is 5.24. The van der Waals surface area contributed by atoms with Crippen molar-refractivity contribution in [3.63, 3.8) is 0 Å². The molecule has 1 heterocycles. The second-order valence-corrected chi connectivity index (χ2v) is 9.66. The van der Waals surface area contributed by atoms with Gasteiger partial charge >= 0.3 is 0 Å². The third kappa shape index (κ3) is 4.91. The Hall–Kier alpha value is -0.820. The predicted octanol–water partition coefficient (Wildman–Crippen LogP) is 2.98. The number of sulfone groups is 1. The number of benzene rings is 1. The molecular weight excluding hydrogens is 395 g/mol. The van der Waals surface area contributed by atoms with E-state index >= 15 is 0 Å². The average molecular weight is 421 g/mol. The van der Waals surface area contributed by atoms with Crippen LogP contribution in [0.25, 0.3) is 0 Å². The highest BCUT2D eigenvalue weighted by Crippen LogP contribution is 2.30. The van der Waals surface area contributed by atoms with Crippen LogP contribution in [-0.4, -0.2) is 49.9 Å². The van der Waals surface area contributed by atoms with Gasteiger partial charge in [0.25, 0.3) is 0 Å². The molecular formula is C18H26Cl2N2O3S. The predicted molar refractivity (Wildman–Crippen MR) is 107 cm³/mol. The lowest BCUT2D eigenvalue weighted by Crippen LogP contribution is -2.49. The molecule has 1 aliphatic heterocycles. The van der Waals surface area contributed by atoms with Gasteiger partial charge in [-0.05, 0) is 24.5 Å². The first-order valence-electron chi connectivity index (χ1n) is 8.95. The smallest absolute Gasteiger partial charge is 0.224 e. The van der Waals surface area contributed by atoms with Crippen LogP contribution in [0.2, 0.25) is 5.02 Å². The monoisotopic (exact) mass is 420 g/mol. The van der Waals surface area contributed by atoms with Gasteiger partial charge in [0, 0.05) is 31.1 Å². The summed E-state index contributed by atoms with van der Waals surface area (Å²) in [5.74, 6) is -0.150. The van der Waals surface area contributed by atoms with E-state index in [0.717, 1.165) is 31.2 Å². The zero-order valence-electron chi connectivity index (χ0n) is 14.7. The van der Waals surface area contributed by atoms with E-state index in [0.29, 0.717) is 24.7 Å². The van der Waals surface area contributed by atoms with Crippen LogP contribution in [0.1, 0.15) is 43.7 Å². The molecule has 2 fully saturated rings. The van der Waals surface area contributed by atoms with Gasteiger partial charge < -0.3 is 10.2 Å². The number of carbonyl (C=O) groups is 1. The number of hydrogen-bond acceptors (Lipinski definition) is 4. The summed E-state index contributed by atoms with van der Waals surface area (Å²) < 4.78 is 24.8. The van der Waals surface area contributed by atoms with Gasteiger partial charge in [0.2, 0.25) is 5.91 Å². The summed E-state index contributed by atoms with van der Waals surface area (Å²) >= 11 is 6.30. The lowest BCUT2D eigenvalue weighted by Gasteiger charge is -2.37. The molecule has 1 aliphatic carbocycles. The van der Waals surface area contributed by atoms with Crippen molar-refractivity contribution in [3.8, 4) is 0 Å². The zero-order valence-corrected chi connectivity index (χ0v) is 17.1. The first kappa shape index (κ1) is 21.5. The largest absolute Gasteiger partial charge is 0.333 e. The lowest BCUT2D eigenvalue weighted by atomic mass is 10.0. The minimum absolute atomic E-state index is 0. The maximum Gasteiger partial charge on any atom is 0.224 e. The molecule has 1 atom stereocenters. The van der Waals surface area contributed by atoms with E-state index < -0.39 is 9.84 Å². The van der Waals surface area contributed by atoms with Crippen LogP contribution in [0, 0.1) is 0 Å². The Bertz CT molecular complexity index is 721. The number of rotatable bonds is 5. The van der Waals surface area contributed by atoms with Crippen molar-refractivity contribution in [2.24, 2.45) is 0 Å². The van der Waals surface area contributed by atoms with E-state index in [2.05, 4.69) is 5.32 Å². The van der Waals surface area contributed by atoms with Gasteiger partial charge in [0.15, 0.2) is 9.84 Å². The van der Waals surface area contributed by atoms with Crippen molar-refractivity contribution >= 4 is 39.8 Å². The SMILES string of the molecule is Cl.O=C(CCS(=O)(=O)C1CCCC1)N1CCNCC1c1ccccc1Cl. The van der Waals surface area contributed by atoms with Crippen LogP contribution in [0.15, 0.2) is 24.3 Å². The highest BCUT2D eigenvalue weighted by molar-refractivity contribution is 7.92. The van der Waals surface area contributed by atoms with Crippen molar-refractivity contribution in [1.82, 2.24) is 10.2 Å². The van der Waals surface area contributed by atoms with Crippen LogP contribution in [0.3, 0.4) is 0 Å². The summed E-state index contributed by atoms with van der Waals surface area (Å²) in [5.41, 5.74) is 0.906. The van der Waals surface area contributed by atoms with Crippen molar-refractivity contribution in [2.75, 3.05) is 25.4 Å². The van der Waals surface area contributed by atoms with Gasteiger partial charge in [0.1, 0.15) is 0 Å². The second-order valence-electron chi connectivity index (χ2n) is 6.85. The molecule has 1 amide bonds. The maximum atomic E-state index is 12.7. The quantitative estimate of drug-likeness (QED) is 0.794. The molecule has 1 N–H and O–H groups in total. The van der Waals surface area contributed by atoms with Crippen molar-refractivity contribution in [2.45, 2.75) is 43.4 Å². The molecule has 0 radical (unpaired) electrons. The Morgan fingerprint density at radius 1 is 1.23 bits per heavy atom. The van der Waals surface area contributed by atoms with E-state index in [9.17, 15) is 13.2 Å². The normalized spacial score (nSPS) is 21.4. The minimum Gasteiger partial charge on any atom is -0.333 e. The van der Waals surface area contributed by atoms with Crippen molar-refractivity contribution < 1.29 is 13.2 Å². The molecule has 1 unspecified atom stereocenters. The Balaban J connectivity index is 0.00000243. The summed E-state index contributed by atoms with van der Waals surface area (Å²) in [6.07, 6.45) is 3.49. The van der Waals surface area contributed by atoms with Crippen LogP contribution >= 0.6 is 24.0 Å². The Kier molecular flexibility index (Phi) is 7.76. The summed E-state index contributed by atoms with van der Waals surface area (Å²) in [6.45, 7) is 1.91. The summed E-state index contributed by atoms with van der Waals surface area (Å²) in [6, 6.07) is 7.36. The van der Waals surface area contributed by atoms with Crippen LogP contribution in [-0.2, 0) is 14.6 Å². The van der Waals surface area contributed by atoms with Gasteiger partial charge in [-0.1, -0.05) is 42.6 Å². The molecule has 0 spiro atoms. The Morgan fingerprint density at radius 2 is 1.92 bits per heavy atom. The number of amides is 1. The third-order valence-corrected chi connectivity index (χ3v) is 7.84. The molecule has 1 aromatic rings. The number of halogens is 2. The van der Waals surface area contributed by atoms with Gasteiger partial charge in [-0.2, -0.15) is 0 Å². The summed E-state index contributed by atoms with van der Waals surface area (Å²) in [5, 5.41) is 3.68. The standard InChI is InChI=1S/C18H25ClN2O3S.ClH/c19-16-8-4-3-7-15(16)17-13-20-10-11-21(17)18(22)9-12-25(23,24)14-5-1-2-6-14;/h3-4,7-8,14,17,20H,1-2,5-6,9-13H2;1H. The molecule has 26 heavy (non-hydrogen) atoms. The minimum atomic E-state index is -3.17. The number of nitrogens with zero attached hydrogens (tertiary/aromatic N) is 1. The first-order valence-corrected chi connectivity index (χ1v) is 11.0. The fourth-order valence-corrected chi connectivity index (χ4v) is 5.92. The molecule has 3 rings (SSSR count). The fourth-order valence-electron chi connectivity index (χ4n) is 3.81. The number of hydrogen-bond donors (Lipinski definition) is 1. The van der Waals surface area contributed by atoms with E-state index in [1.807, 2.05) is 24.3 Å². The Morgan fingerprint density at radius 3 is 2.62 bits per heavy atom. The summed E-state index contributed by atoms with van der Waals surface area (Å²) in [7, 11) is -3.17. The molecule has 0 bridgehead atoms. The van der Waals surface area contributed by atoms with E-state index in [-0.39, 0.29) is 41.8 Å². The highest BCUT2D eigenvalue weighted by atomic mass is 35.5. The maximum absolute atomic E-state index is 12.7. The number of carbonyl (C=O) groups excluding carboxylic acids is 1. The topological polar surface area (TPSA) is 66.5 Å². The van der Waals surface area contributed by atoms with Crippen LogP contribution in [0.4, 0.5) is 0 Å². The van der Waals surface area contributed by atoms with Crippen LogP contribution in [0.5, 0.6) is 0 Å². The van der Waals surface area contributed by atoms with Crippen molar-refractivity contribution in [1.29, 1.82) is 0 Å². The molecule has 146 valence electrons. The molecule has 5 nitrogen and oxygen atoms in total. The van der Waals surface area contributed by atoms with Gasteiger partial charge in [0.05, 0.1) is 17.0 Å².